The van der Waals surface area contributed by atoms with Gasteiger partial charge < -0.3 is 4.74 Å². The zero-order valence-corrected chi connectivity index (χ0v) is 13.4. The van der Waals surface area contributed by atoms with Gasteiger partial charge in [-0.1, -0.05) is 12.8 Å². The van der Waals surface area contributed by atoms with Crippen LogP contribution in [0.4, 0.5) is 0 Å². The van der Waals surface area contributed by atoms with Gasteiger partial charge in [-0.15, -0.1) is 11.3 Å². The van der Waals surface area contributed by atoms with Crippen molar-refractivity contribution in [2.24, 2.45) is 5.92 Å². The van der Waals surface area contributed by atoms with E-state index in [1.54, 1.807) is 12.3 Å². The number of rotatable bonds is 6. The van der Waals surface area contributed by atoms with Crippen molar-refractivity contribution in [3.05, 3.63) is 15.8 Å². The Labute approximate surface area is 123 Å². The minimum absolute atomic E-state index is 0.0528. The lowest BCUT2D eigenvalue weighted by molar-refractivity contribution is 0.0602. The molecule has 1 aromatic heterocycles. The molecule has 0 aliphatic heterocycles. The first-order valence-corrected chi connectivity index (χ1v) is 8.90. The van der Waals surface area contributed by atoms with Crippen LogP contribution in [0, 0.1) is 12.8 Å². The largest absolute Gasteiger partial charge is 0.465 e. The van der Waals surface area contributed by atoms with Gasteiger partial charge in [-0.05, 0) is 37.1 Å². The average molecular weight is 317 g/mol. The van der Waals surface area contributed by atoms with Crippen LogP contribution in [0.3, 0.4) is 0 Å². The summed E-state index contributed by atoms with van der Waals surface area (Å²) in [5, 5.41) is 1.66. The van der Waals surface area contributed by atoms with Gasteiger partial charge in [0.15, 0.2) is 0 Å². The third-order valence-corrected chi connectivity index (χ3v) is 6.28. The van der Waals surface area contributed by atoms with Crippen LogP contribution < -0.4 is 4.72 Å². The van der Waals surface area contributed by atoms with Crippen LogP contribution >= 0.6 is 11.3 Å². The summed E-state index contributed by atoms with van der Waals surface area (Å²) in [7, 11) is -2.44. The predicted molar refractivity (Wildman–Crippen MR) is 77.5 cm³/mol. The van der Waals surface area contributed by atoms with E-state index in [4.69, 9.17) is 0 Å². The molecule has 1 saturated carbocycles. The number of carbonyl (C=O) groups is 1. The number of carbonyl (C=O) groups excluding carboxylic acids is 1. The Hall–Kier alpha value is -0.920. The second-order valence-corrected chi connectivity index (χ2v) is 7.80. The fourth-order valence-corrected chi connectivity index (χ4v) is 5.19. The van der Waals surface area contributed by atoms with Crippen LogP contribution in [0.15, 0.2) is 10.3 Å². The lowest BCUT2D eigenvalue weighted by Crippen LogP contribution is -2.33. The van der Waals surface area contributed by atoms with Crippen LogP contribution in [0.2, 0.25) is 0 Å². The van der Waals surface area contributed by atoms with Crippen LogP contribution in [-0.2, 0) is 14.8 Å². The van der Waals surface area contributed by atoms with E-state index in [0.717, 1.165) is 17.8 Å². The third-order valence-electron chi connectivity index (χ3n) is 3.30. The van der Waals surface area contributed by atoms with E-state index < -0.39 is 16.0 Å². The Morgan fingerprint density at radius 1 is 1.55 bits per heavy atom. The van der Waals surface area contributed by atoms with Crippen LogP contribution in [0.25, 0.3) is 0 Å². The molecule has 0 amide bonds. The summed E-state index contributed by atoms with van der Waals surface area (Å²) in [6, 6.07) is -0.128. The summed E-state index contributed by atoms with van der Waals surface area (Å²) in [6.45, 7) is 3.54. The highest BCUT2D eigenvalue weighted by atomic mass is 32.2. The molecule has 1 aliphatic rings. The van der Waals surface area contributed by atoms with E-state index in [1.807, 2.05) is 6.92 Å². The minimum atomic E-state index is -3.69. The highest BCUT2D eigenvalue weighted by Gasteiger charge is 2.30. The molecule has 1 heterocycles. The summed E-state index contributed by atoms with van der Waals surface area (Å²) in [5.41, 5.74) is 0.571. The van der Waals surface area contributed by atoms with Gasteiger partial charge in [-0.25, -0.2) is 17.9 Å². The Bertz CT molecular complexity index is 602. The van der Waals surface area contributed by atoms with Crippen LogP contribution in [0.1, 0.15) is 41.4 Å². The quantitative estimate of drug-likeness (QED) is 0.817. The lowest BCUT2D eigenvalue weighted by Gasteiger charge is -2.14. The SMILES string of the molecule is COC(=O)c1scc(C)c1S(=O)(=O)NC(C)CC1CC1. The molecule has 0 aromatic carbocycles. The fraction of sp³-hybridized carbons (Fsp3) is 0.615. The summed E-state index contributed by atoms with van der Waals surface area (Å²) in [6.07, 6.45) is 3.20. The maximum Gasteiger partial charge on any atom is 0.349 e. The normalized spacial score (nSPS) is 16.9. The maximum atomic E-state index is 12.5. The van der Waals surface area contributed by atoms with Gasteiger partial charge in [0.2, 0.25) is 10.0 Å². The maximum absolute atomic E-state index is 12.5. The number of aryl methyl sites for hydroxylation is 1. The number of esters is 1. The number of hydrogen-bond donors (Lipinski definition) is 1. The summed E-state index contributed by atoms with van der Waals surface area (Å²) in [4.78, 5) is 11.9. The molecule has 1 aliphatic carbocycles. The van der Waals surface area contributed by atoms with E-state index in [0.29, 0.717) is 11.5 Å². The molecule has 1 N–H and O–H groups in total. The molecule has 0 radical (unpaired) electrons. The van der Waals surface area contributed by atoms with Crippen molar-refractivity contribution in [1.29, 1.82) is 0 Å². The molecule has 0 bridgehead atoms. The number of thiophene rings is 1. The predicted octanol–water partition coefficient (Wildman–Crippen LogP) is 2.31. The number of hydrogen-bond acceptors (Lipinski definition) is 5. The Balaban J connectivity index is 2.23. The molecule has 1 fully saturated rings. The molecule has 5 nitrogen and oxygen atoms in total. The molecule has 1 atom stereocenters. The molecule has 20 heavy (non-hydrogen) atoms. The second-order valence-electron chi connectivity index (χ2n) is 5.27. The van der Waals surface area contributed by atoms with E-state index in [2.05, 4.69) is 9.46 Å². The van der Waals surface area contributed by atoms with Crippen molar-refractivity contribution >= 4 is 27.3 Å². The van der Waals surface area contributed by atoms with Crippen molar-refractivity contribution in [3.63, 3.8) is 0 Å². The number of nitrogens with one attached hydrogen (secondary N) is 1. The van der Waals surface area contributed by atoms with Gasteiger partial charge >= 0.3 is 5.97 Å². The standard InChI is InChI=1S/C13H19NO4S2/c1-8-7-19-11(13(15)18-3)12(8)20(16,17)14-9(2)6-10-4-5-10/h7,9-10,14H,4-6H2,1-3H3. The topological polar surface area (TPSA) is 72.5 Å². The van der Waals surface area contributed by atoms with E-state index >= 15 is 0 Å². The monoisotopic (exact) mass is 317 g/mol. The Morgan fingerprint density at radius 2 is 2.20 bits per heavy atom. The smallest absolute Gasteiger partial charge is 0.349 e. The number of ether oxygens (including phenoxy) is 1. The first-order chi connectivity index (χ1) is 9.35. The van der Waals surface area contributed by atoms with E-state index in [1.165, 1.54) is 20.0 Å². The molecule has 0 spiro atoms. The van der Waals surface area contributed by atoms with Gasteiger partial charge in [-0.2, -0.15) is 0 Å². The first-order valence-electron chi connectivity index (χ1n) is 6.54. The summed E-state index contributed by atoms with van der Waals surface area (Å²) < 4.78 is 32.2. The van der Waals surface area contributed by atoms with Gasteiger partial charge in [-0.3, -0.25) is 0 Å². The van der Waals surface area contributed by atoms with Crippen molar-refractivity contribution in [1.82, 2.24) is 4.72 Å². The minimum Gasteiger partial charge on any atom is -0.465 e. The first kappa shape index (κ1) is 15.5. The highest BCUT2D eigenvalue weighted by Crippen LogP contribution is 2.34. The van der Waals surface area contributed by atoms with Gasteiger partial charge in [0.1, 0.15) is 9.77 Å². The van der Waals surface area contributed by atoms with Gasteiger partial charge in [0, 0.05) is 6.04 Å². The van der Waals surface area contributed by atoms with Crippen LogP contribution in [0.5, 0.6) is 0 Å². The molecular formula is C13H19NO4S2. The molecular weight excluding hydrogens is 298 g/mol. The van der Waals surface area contributed by atoms with Gasteiger partial charge in [0.25, 0.3) is 0 Å². The Kier molecular flexibility index (Phi) is 4.51. The van der Waals surface area contributed by atoms with E-state index in [9.17, 15) is 13.2 Å². The van der Waals surface area contributed by atoms with Crippen molar-refractivity contribution in [2.75, 3.05) is 7.11 Å². The number of sulfonamides is 1. The second kappa shape index (κ2) is 5.83. The lowest BCUT2D eigenvalue weighted by atomic mass is 10.2. The zero-order valence-electron chi connectivity index (χ0n) is 11.8. The molecule has 7 heteroatoms. The van der Waals surface area contributed by atoms with Crippen molar-refractivity contribution in [2.45, 2.75) is 44.0 Å². The molecule has 1 unspecified atom stereocenters. The molecule has 2 rings (SSSR count). The molecule has 1 aromatic rings. The molecule has 112 valence electrons. The van der Waals surface area contributed by atoms with E-state index in [-0.39, 0.29) is 15.8 Å². The number of methoxy groups -OCH3 is 1. The van der Waals surface area contributed by atoms with Crippen LogP contribution in [-0.4, -0.2) is 27.5 Å². The fourth-order valence-electron chi connectivity index (χ4n) is 2.23. The van der Waals surface area contributed by atoms with Crippen molar-refractivity contribution < 1.29 is 17.9 Å². The highest BCUT2D eigenvalue weighted by molar-refractivity contribution is 7.89. The summed E-state index contributed by atoms with van der Waals surface area (Å²) in [5.74, 6) is 0.0228. The molecule has 0 saturated heterocycles. The third kappa shape index (κ3) is 3.39. The zero-order chi connectivity index (χ0) is 14.9. The Morgan fingerprint density at radius 3 is 2.75 bits per heavy atom. The van der Waals surface area contributed by atoms with Gasteiger partial charge in [0.05, 0.1) is 7.11 Å². The van der Waals surface area contributed by atoms with Crippen molar-refractivity contribution in [3.8, 4) is 0 Å². The summed E-state index contributed by atoms with van der Waals surface area (Å²) >= 11 is 1.10. The average Bonchev–Trinajstić information content (AvgIpc) is 3.06.